The minimum atomic E-state index is -0.336. The number of piperazine rings is 1. The molecule has 0 unspecified atom stereocenters. The first-order valence-electron chi connectivity index (χ1n) is 15.8. The van der Waals surface area contributed by atoms with Gasteiger partial charge in [0.2, 0.25) is 0 Å². The Labute approximate surface area is 274 Å². The summed E-state index contributed by atoms with van der Waals surface area (Å²) in [6.07, 6.45) is 2.72. The molecule has 0 radical (unpaired) electrons. The molecule has 1 N–H and O–H groups in total. The Morgan fingerprint density at radius 1 is 0.891 bits per heavy atom. The highest BCUT2D eigenvalue weighted by Gasteiger charge is 2.29. The summed E-state index contributed by atoms with van der Waals surface area (Å²) in [5.74, 6) is -0.621. The van der Waals surface area contributed by atoms with Crippen molar-refractivity contribution in [1.29, 1.82) is 0 Å². The zero-order valence-corrected chi connectivity index (χ0v) is 27.2. The van der Waals surface area contributed by atoms with Crippen molar-refractivity contribution in [3.05, 3.63) is 130 Å². The Balaban J connectivity index is 1.01. The molecule has 0 atom stereocenters. The maximum absolute atomic E-state index is 14.5. The van der Waals surface area contributed by atoms with Crippen LogP contribution >= 0.6 is 11.8 Å². The second-order valence-electron chi connectivity index (χ2n) is 11.9. The number of amides is 2. The number of fused-ring (bicyclic) bond motifs is 1. The van der Waals surface area contributed by atoms with Crippen molar-refractivity contribution in [3.8, 4) is 0 Å². The normalized spacial score (nSPS) is 16.1. The third-order valence-corrected chi connectivity index (χ3v) is 9.68. The Hall–Kier alpha value is -4.40. The Morgan fingerprint density at radius 3 is 2.41 bits per heavy atom. The number of carbonyl (C=O) groups excluding carboxylic acids is 2. The van der Waals surface area contributed by atoms with Crippen molar-refractivity contribution in [1.82, 2.24) is 10.2 Å². The van der Waals surface area contributed by atoms with Gasteiger partial charge in [-0.2, -0.15) is 0 Å². The molecule has 236 valence electrons. The van der Waals surface area contributed by atoms with Crippen LogP contribution in [-0.4, -0.2) is 56.0 Å². The zero-order valence-electron chi connectivity index (χ0n) is 26.3. The van der Waals surface area contributed by atoms with Gasteiger partial charge < -0.3 is 15.1 Å². The second kappa shape index (κ2) is 14.4. The summed E-state index contributed by atoms with van der Waals surface area (Å²) in [6.45, 7) is 10.1. The first kappa shape index (κ1) is 31.6. The summed E-state index contributed by atoms with van der Waals surface area (Å²) < 4.78 is 14.5. The second-order valence-corrected chi connectivity index (χ2v) is 13.0. The molecule has 2 aliphatic rings. The highest BCUT2D eigenvalue weighted by atomic mass is 32.2. The van der Waals surface area contributed by atoms with Crippen molar-refractivity contribution < 1.29 is 14.0 Å². The van der Waals surface area contributed by atoms with E-state index in [4.69, 9.17) is 0 Å². The molecule has 46 heavy (non-hydrogen) atoms. The van der Waals surface area contributed by atoms with E-state index >= 15 is 0 Å². The molecule has 4 aromatic rings. The van der Waals surface area contributed by atoms with Gasteiger partial charge in [-0.25, -0.2) is 4.39 Å². The lowest BCUT2D eigenvalue weighted by molar-refractivity contribution is -0.114. The van der Waals surface area contributed by atoms with Gasteiger partial charge in [-0.1, -0.05) is 66.4 Å². The number of nitrogens with one attached hydrogen (secondary N) is 1. The lowest BCUT2D eigenvalue weighted by Crippen LogP contribution is -2.47. The number of benzene rings is 4. The fourth-order valence-electron chi connectivity index (χ4n) is 5.98. The largest absolute Gasteiger partial charge is 0.369 e. The first-order chi connectivity index (χ1) is 22.4. The molecule has 6 rings (SSSR count). The number of para-hydroxylation sites is 1. The number of hydrogen-bond donors (Lipinski definition) is 1. The van der Waals surface area contributed by atoms with E-state index in [9.17, 15) is 14.0 Å². The third-order valence-electron chi connectivity index (χ3n) is 8.60. The van der Waals surface area contributed by atoms with Crippen LogP contribution in [0, 0.1) is 19.7 Å². The molecule has 0 bridgehead atoms. The average Bonchev–Trinajstić information content (AvgIpc) is 3.07. The number of anilines is 2. The summed E-state index contributed by atoms with van der Waals surface area (Å²) in [7, 11) is 0. The van der Waals surface area contributed by atoms with Gasteiger partial charge in [0.15, 0.2) is 0 Å². The Morgan fingerprint density at radius 2 is 1.63 bits per heavy atom. The maximum atomic E-state index is 14.5. The minimum Gasteiger partial charge on any atom is -0.369 e. The van der Waals surface area contributed by atoms with Gasteiger partial charge in [-0.05, 0) is 86.0 Å². The number of rotatable bonds is 9. The van der Waals surface area contributed by atoms with Gasteiger partial charge in [0, 0.05) is 54.4 Å². The molecule has 6 nitrogen and oxygen atoms in total. The van der Waals surface area contributed by atoms with E-state index in [1.165, 1.54) is 34.6 Å². The van der Waals surface area contributed by atoms with Gasteiger partial charge in [0.25, 0.3) is 11.8 Å². The molecular weight excluding hydrogens is 596 g/mol. The van der Waals surface area contributed by atoms with E-state index in [0.717, 1.165) is 55.3 Å². The monoisotopic (exact) mass is 634 g/mol. The lowest BCUT2D eigenvalue weighted by atomic mass is 10.1. The topological polar surface area (TPSA) is 55.9 Å². The SMILES string of the molecule is Cc1ccc(C)c(N2CCN(CCCNC(=O)c3ccc(/C=C4\Sc5ccccc5N(Cc5ccccc5F)C4=O)cc3)CC2)c1. The molecular formula is C38H39FN4O2S. The standard InChI is InChI=1S/C38H39FN4O2S/c1-27-12-13-28(2)34(24-27)42-22-20-41(21-23-42)19-7-18-40-37(44)30-16-14-29(15-17-30)25-36-38(45)43(26-31-8-3-4-9-32(31)39)33-10-5-6-11-35(33)46-36/h3-6,8-17,24-25H,7,18-23,26H2,1-2H3,(H,40,44)/b36-25-. The molecule has 1 fully saturated rings. The molecule has 4 aromatic carbocycles. The fraction of sp³-hybridized carbons (Fsp3) is 0.263. The average molecular weight is 635 g/mol. The Bertz CT molecular complexity index is 1750. The van der Waals surface area contributed by atoms with Crippen molar-refractivity contribution in [3.63, 3.8) is 0 Å². The highest BCUT2D eigenvalue weighted by molar-refractivity contribution is 8.04. The quantitative estimate of drug-likeness (QED) is 0.158. The molecule has 2 heterocycles. The number of carbonyl (C=O) groups is 2. The van der Waals surface area contributed by atoms with E-state index in [1.807, 2.05) is 42.5 Å². The summed E-state index contributed by atoms with van der Waals surface area (Å²) in [5.41, 5.74) is 6.58. The predicted molar refractivity (Wildman–Crippen MR) is 186 cm³/mol. The molecule has 0 aromatic heterocycles. The molecule has 0 aliphatic carbocycles. The number of hydrogen-bond acceptors (Lipinski definition) is 5. The summed E-state index contributed by atoms with van der Waals surface area (Å²) >= 11 is 1.40. The van der Waals surface area contributed by atoms with Crippen molar-refractivity contribution in [2.24, 2.45) is 0 Å². The molecule has 1 saturated heterocycles. The lowest BCUT2D eigenvalue weighted by Gasteiger charge is -2.37. The van der Waals surface area contributed by atoms with E-state index in [1.54, 1.807) is 35.2 Å². The predicted octanol–water partition coefficient (Wildman–Crippen LogP) is 7.06. The fourth-order valence-corrected chi connectivity index (χ4v) is 7.04. The van der Waals surface area contributed by atoms with E-state index in [0.29, 0.717) is 22.6 Å². The number of halogens is 1. The number of aryl methyl sites for hydroxylation is 2. The summed E-state index contributed by atoms with van der Waals surface area (Å²) in [5, 5.41) is 3.05. The summed E-state index contributed by atoms with van der Waals surface area (Å²) in [6, 6.07) is 28.1. The van der Waals surface area contributed by atoms with Crippen LogP contribution in [0.15, 0.2) is 101 Å². The Kier molecular flexibility index (Phi) is 9.85. The van der Waals surface area contributed by atoms with E-state index in [-0.39, 0.29) is 24.2 Å². The summed E-state index contributed by atoms with van der Waals surface area (Å²) in [4.78, 5) is 34.5. The van der Waals surface area contributed by atoms with Gasteiger partial charge in [0.05, 0.1) is 17.1 Å². The van der Waals surface area contributed by atoms with E-state index < -0.39 is 0 Å². The highest BCUT2D eigenvalue weighted by Crippen LogP contribution is 2.42. The minimum absolute atomic E-state index is 0.105. The van der Waals surface area contributed by atoms with Gasteiger partial charge in [0.1, 0.15) is 5.82 Å². The van der Waals surface area contributed by atoms with Crippen LogP contribution in [0.25, 0.3) is 6.08 Å². The molecule has 2 aliphatic heterocycles. The van der Waals surface area contributed by atoms with Crippen LogP contribution in [0.3, 0.4) is 0 Å². The van der Waals surface area contributed by atoms with Crippen LogP contribution in [0.2, 0.25) is 0 Å². The zero-order chi connectivity index (χ0) is 32.0. The van der Waals surface area contributed by atoms with Gasteiger partial charge in [-0.3, -0.25) is 14.5 Å². The maximum Gasteiger partial charge on any atom is 0.265 e. The molecule has 8 heteroatoms. The molecule has 0 saturated carbocycles. The number of nitrogens with zero attached hydrogens (tertiary/aromatic N) is 3. The van der Waals surface area contributed by atoms with Crippen molar-refractivity contribution in [2.45, 2.75) is 31.7 Å². The van der Waals surface area contributed by atoms with Crippen LogP contribution < -0.4 is 15.1 Å². The van der Waals surface area contributed by atoms with Crippen LogP contribution in [-0.2, 0) is 11.3 Å². The van der Waals surface area contributed by atoms with E-state index in [2.05, 4.69) is 47.2 Å². The van der Waals surface area contributed by atoms with Gasteiger partial charge >= 0.3 is 0 Å². The van der Waals surface area contributed by atoms with Crippen LogP contribution in [0.5, 0.6) is 0 Å². The third kappa shape index (κ3) is 7.35. The number of thioether (sulfide) groups is 1. The molecule has 0 spiro atoms. The smallest absolute Gasteiger partial charge is 0.265 e. The van der Waals surface area contributed by atoms with Crippen molar-refractivity contribution in [2.75, 3.05) is 49.1 Å². The van der Waals surface area contributed by atoms with Crippen LogP contribution in [0.4, 0.5) is 15.8 Å². The first-order valence-corrected chi connectivity index (χ1v) is 16.6. The van der Waals surface area contributed by atoms with Gasteiger partial charge in [-0.15, -0.1) is 0 Å². The van der Waals surface area contributed by atoms with Crippen molar-refractivity contribution >= 4 is 41.0 Å². The van der Waals surface area contributed by atoms with Crippen LogP contribution in [0.1, 0.15) is 39.0 Å². The molecule has 2 amide bonds.